The maximum absolute atomic E-state index is 13.9. The van der Waals surface area contributed by atoms with Crippen molar-refractivity contribution in [3.05, 3.63) is 66.3 Å². The van der Waals surface area contributed by atoms with E-state index >= 15 is 0 Å². The van der Waals surface area contributed by atoms with Crippen LogP contribution in [0.15, 0.2) is 49.3 Å². The minimum absolute atomic E-state index is 0.00883. The van der Waals surface area contributed by atoms with Gasteiger partial charge in [0.1, 0.15) is 29.9 Å². The maximum Gasteiger partial charge on any atom is 0.243 e. The summed E-state index contributed by atoms with van der Waals surface area (Å²) in [6.07, 6.45) is 8.45. The first-order chi connectivity index (χ1) is 26.4. The summed E-state index contributed by atoms with van der Waals surface area (Å²) in [6, 6.07) is 0.447. The van der Waals surface area contributed by atoms with Crippen LogP contribution in [0, 0.1) is 0 Å². The highest BCUT2D eigenvalue weighted by Crippen LogP contribution is 2.13. The number of primary amides is 1. The molecule has 16 N–H and O–H groups in total. The van der Waals surface area contributed by atoms with Crippen molar-refractivity contribution < 1.29 is 33.9 Å². The normalized spacial score (nSPS) is 13.7. The van der Waals surface area contributed by atoms with Crippen molar-refractivity contribution >= 4 is 35.4 Å². The number of amides is 6. The van der Waals surface area contributed by atoms with Crippen LogP contribution in [-0.4, -0.2) is 110 Å². The van der Waals surface area contributed by atoms with Crippen molar-refractivity contribution in [1.82, 2.24) is 46.5 Å². The van der Waals surface area contributed by atoms with E-state index in [2.05, 4.69) is 46.5 Å². The Hall–Kier alpha value is -5.86. The molecule has 3 aromatic rings. The fraction of sp³-hybridized carbons (Fsp3) is 0.486. The third kappa shape index (κ3) is 15.6. The van der Waals surface area contributed by atoms with Crippen molar-refractivity contribution in [2.75, 3.05) is 19.6 Å². The van der Waals surface area contributed by atoms with Gasteiger partial charge in [0.15, 0.2) is 0 Å². The van der Waals surface area contributed by atoms with Crippen LogP contribution < -0.4 is 49.5 Å². The highest BCUT2D eigenvalue weighted by molar-refractivity contribution is 5.96. The summed E-state index contributed by atoms with van der Waals surface area (Å²) in [5.41, 5.74) is 24.5. The average Bonchev–Trinajstić information content (AvgIpc) is 3.88. The Bertz CT molecular complexity index is 1650. The van der Waals surface area contributed by atoms with Crippen LogP contribution in [0.1, 0.15) is 55.5 Å². The van der Waals surface area contributed by atoms with Crippen molar-refractivity contribution in [3.8, 4) is 5.75 Å². The van der Waals surface area contributed by atoms with Crippen LogP contribution in [0.5, 0.6) is 5.75 Å². The molecular weight excluding hydrogens is 714 g/mol. The molecule has 0 unspecified atom stereocenters. The Balaban J connectivity index is 1.77. The highest BCUT2D eigenvalue weighted by Gasteiger charge is 2.31. The number of hydrogen-bond donors (Lipinski definition) is 12. The monoisotopic (exact) mass is 767 g/mol. The Morgan fingerprint density at radius 2 is 1.18 bits per heavy atom. The molecule has 0 spiro atoms. The van der Waals surface area contributed by atoms with E-state index in [1.165, 1.54) is 37.2 Å². The number of unbranched alkanes of at least 4 members (excludes halogenated alkanes) is 2. The zero-order chi connectivity index (χ0) is 40.2. The zero-order valence-electron chi connectivity index (χ0n) is 30.6. The molecular formula is C35H53N13O7. The first-order valence-electron chi connectivity index (χ1n) is 18.1. The maximum atomic E-state index is 13.9. The molecule has 1 aromatic carbocycles. The predicted molar refractivity (Wildman–Crippen MR) is 200 cm³/mol. The molecule has 0 aliphatic rings. The van der Waals surface area contributed by atoms with Gasteiger partial charge >= 0.3 is 0 Å². The summed E-state index contributed by atoms with van der Waals surface area (Å²) < 4.78 is 0. The van der Waals surface area contributed by atoms with Crippen molar-refractivity contribution in [2.45, 2.75) is 88.0 Å². The van der Waals surface area contributed by atoms with Crippen molar-refractivity contribution in [2.24, 2.45) is 22.9 Å². The number of nitrogens with zero attached hydrogens (tertiary/aromatic N) is 2. The van der Waals surface area contributed by atoms with E-state index < -0.39 is 72.2 Å². The molecule has 20 nitrogen and oxygen atoms in total. The van der Waals surface area contributed by atoms with E-state index in [-0.39, 0.29) is 37.9 Å². The zero-order valence-corrected chi connectivity index (χ0v) is 30.6. The Morgan fingerprint density at radius 1 is 0.655 bits per heavy atom. The fourth-order valence-electron chi connectivity index (χ4n) is 5.53. The van der Waals surface area contributed by atoms with Crippen LogP contribution in [0.25, 0.3) is 0 Å². The number of aromatic nitrogens is 4. The summed E-state index contributed by atoms with van der Waals surface area (Å²) in [6.45, 7) is 0.217. The number of phenolic OH excluding ortho intramolecular Hbond substituents is 1. The van der Waals surface area contributed by atoms with Gasteiger partial charge in [0.05, 0.1) is 25.2 Å². The number of hydrogen-bond acceptors (Lipinski definition) is 12. The molecule has 20 heteroatoms. The number of nitrogens with two attached hydrogens (primary N) is 4. The first kappa shape index (κ1) is 43.5. The molecule has 2 heterocycles. The summed E-state index contributed by atoms with van der Waals surface area (Å²) in [7, 11) is 0. The molecule has 55 heavy (non-hydrogen) atoms. The van der Waals surface area contributed by atoms with E-state index in [1.54, 1.807) is 12.1 Å². The van der Waals surface area contributed by atoms with Gasteiger partial charge in [-0.05, 0) is 69.3 Å². The minimum atomic E-state index is -1.24. The van der Waals surface area contributed by atoms with Gasteiger partial charge in [0.2, 0.25) is 35.4 Å². The van der Waals surface area contributed by atoms with E-state index in [0.717, 1.165) is 0 Å². The second-order valence-electron chi connectivity index (χ2n) is 13.0. The van der Waals surface area contributed by atoms with Crippen LogP contribution in [0.4, 0.5) is 0 Å². The lowest BCUT2D eigenvalue weighted by atomic mass is 10.0. The molecule has 0 aliphatic carbocycles. The molecule has 2 aromatic heterocycles. The van der Waals surface area contributed by atoms with Crippen LogP contribution in [-0.2, 0) is 48.0 Å². The summed E-state index contributed by atoms with van der Waals surface area (Å²) in [5.74, 6) is -4.17. The smallest absolute Gasteiger partial charge is 0.243 e. The number of imidazole rings is 2. The van der Waals surface area contributed by atoms with Crippen molar-refractivity contribution in [1.29, 1.82) is 0 Å². The number of carbonyl (C=O) groups is 6. The lowest BCUT2D eigenvalue weighted by Crippen LogP contribution is -2.59. The predicted octanol–water partition coefficient (Wildman–Crippen LogP) is -3.01. The molecule has 0 saturated heterocycles. The summed E-state index contributed by atoms with van der Waals surface area (Å²) >= 11 is 0. The number of aromatic hydroxyl groups is 1. The van der Waals surface area contributed by atoms with Crippen LogP contribution in [0.2, 0.25) is 0 Å². The largest absolute Gasteiger partial charge is 0.508 e. The average molecular weight is 768 g/mol. The van der Waals surface area contributed by atoms with Gasteiger partial charge in [-0.25, -0.2) is 9.97 Å². The van der Waals surface area contributed by atoms with Gasteiger partial charge in [0.25, 0.3) is 0 Å². The van der Waals surface area contributed by atoms with Crippen molar-refractivity contribution in [3.63, 3.8) is 0 Å². The van der Waals surface area contributed by atoms with Crippen LogP contribution >= 0.6 is 0 Å². The van der Waals surface area contributed by atoms with Gasteiger partial charge in [-0.1, -0.05) is 12.1 Å². The van der Waals surface area contributed by atoms with Gasteiger partial charge < -0.3 is 64.6 Å². The molecule has 0 bridgehead atoms. The quantitative estimate of drug-likeness (QED) is 0.0384. The number of aromatic amines is 2. The number of phenols is 1. The third-order valence-corrected chi connectivity index (χ3v) is 8.58. The lowest BCUT2D eigenvalue weighted by Gasteiger charge is -2.26. The molecule has 0 fully saturated rings. The summed E-state index contributed by atoms with van der Waals surface area (Å²) in [5, 5.41) is 22.8. The molecule has 3 rings (SSSR count). The standard InChI is InChI=1S/C35H53N13O7/c36-11-3-1-5-26(31(39)51)45-30(50)18-42-33(53)29(15-23-17-41-20-44-23)48-34(54)27(6-2-4-12-37)46-35(55)28(13-21-7-9-24(49)10-8-21)47-32(52)25(38)14-22-16-40-19-43-22/h7-10,16-17,19-20,25-29,49H,1-6,11-15,18,36-38H2,(H2,39,51)(H,40,43)(H,41,44)(H,42,53)(H,45,50)(H,46,55)(H,47,52)(H,48,54)/t25-,26-,27-,28-,29-/m0/s1. The van der Waals surface area contributed by atoms with Gasteiger partial charge in [0, 0.05) is 43.0 Å². The summed E-state index contributed by atoms with van der Waals surface area (Å²) in [4.78, 5) is 92.6. The Morgan fingerprint density at radius 3 is 1.75 bits per heavy atom. The van der Waals surface area contributed by atoms with E-state index in [1.807, 2.05) is 0 Å². The number of carbonyl (C=O) groups excluding carboxylic acids is 6. The lowest BCUT2D eigenvalue weighted by molar-refractivity contribution is -0.134. The molecule has 5 atom stereocenters. The Kier molecular flexibility index (Phi) is 18.2. The molecule has 300 valence electrons. The van der Waals surface area contributed by atoms with Crippen LogP contribution in [0.3, 0.4) is 0 Å². The number of H-pyrrole nitrogens is 2. The van der Waals surface area contributed by atoms with E-state index in [4.69, 9.17) is 22.9 Å². The van der Waals surface area contributed by atoms with Gasteiger partial charge in [-0.2, -0.15) is 0 Å². The van der Waals surface area contributed by atoms with Gasteiger partial charge in [-0.15, -0.1) is 0 Å². The minimum Gasteiger partial charge on any atom is -0.508 e. The highest BCUT2D eigenvalue weighted by atomic mass is 16.3. The third-order valence-electron chi connectivity index (χ3n) is 8.58. The molecule has 0 radical (unpaired) electrons. The first-order valence-corrected chi connectivity index (χ1v) is 18.1. The van der Waals surface area contributed by atoms with E-state index in [0.29, 0.717) is 55.7 Å². The molecule has 6 amide bonds. The SMILES string of the molecule is NCCCC[C@H](NC(=O)CNC(=O)[C@H](Cc1cnc[nH]1)NC(=O)[C@H](CCCCN)NC(=O)[C@H](Cc1ccc(O)cc1)NC(=O)[C@@H](N)Cc1cnc[nH]1)C(N)=O. The van der Waals surface area contributed by atoms with Gasteiger partial charge in [-0.3, -0.25) is 28.8 Å². The number of nitrogens with one attached hydrogen (secondary N) is 7. The molecule has 0 saturated carbocycles. The number of benzene rings is 1. The van der Waals surface area contributed by atoms with E-state index in [9.17, 15) is 33.9 Å². The molecule has 0 aliphatic heterocycles. The number of rotatable bonds is 25. The second kappa shape index (κ2) is 23.0. The second-order valence-corrected chi connectivity index (χ2v) is 13.0. The fourth-order valence-corrected chi connectivity index (χ4v) is 5.53. The topological polar surface area (TPSA) is 344 Å². The Labute approximate surface area is 318 Å².